The maximum atomic E-state index is 12.4. The number of carbonyl (C=O) groups excluding carboxylic acids is 1. The van der Waals surface area contributed by atoms with Gasteiger partial charge in [-0.15, -0.1) is 0 Å². The van der Waals surface area contributed by atoms with Crippen LogP contribution in [-0.2, 0) is 4.79 Å². The molecule has 0 radical (unpaired) electrons. The summed E-state index contributed by atoms with van der Waals surface area (Å²) in [6.07, 6.45) is -3.99. The van der Waals surface area contributed by atoms with E-state index in [1.54, 1.807) is 6.92 Å². The molecule has 20 heavy (non-hydrogen) atoms. The zero-order chi connectivity index (χ0) is 15.5. The van der Waals surface area contributed by atoms with Gasteiger partial charge in [0.2, 0.25) is 0 Å². The minimum absolute atomic E-state index is 0.0357. The first-order valence-corrected chi connectivity index (χ1v) is 6.49. The maximum Gasteiger partial charge on any atom is 0.406 e. The Kier molecular flexibility index (Phi) is 5.24. The third-order valence-corrected chi connectivity index (χ3v) is 3.41. The Morgan fingerprint density at radius 1 is 1.40 bits per heavy atom. The Hall–Kier alpha value is -1.47. The fourth-order valence-electron chi connectivity index (χ4n) is 2.12. The van der Waals surface area contributed by atoms with Crippen LogP contribution < -0.4 is 0 Å². The van der Waals surface area contributed by atoms with Crippen LogP contribution in [0, 0.1) is 11.8 Å². The van der Waals surface area contributed by atoms with Crippen molar-refractivity contribution >= 4 is 12.0 Å². The molecule has 116 valence electrons. The van der Waals surface area contributed by atoms with Gasteiger partial charge in [0.05, 0.1) is 5.92 Å². The van der Waals surface area contributed by atoms with Crippen LogP contribution in [0.15, 0.2) is 0 Å². The fraction of sp³-hybridized carbons (Fsp3) is 0.833. The van der Waals surface area contributed by atoms with Gasteiger partial charge in [-0.1, -0.05) is 13.8 Å². The summed E-state index contributed by atoms with van der Waals surface area (Å²) in [5.74, 6) is -1.74. The van der Waals surface area contributed by atoms with Crippen molar-refractivity contribution in [2.24, 2.45) is 11.8 Å². The van der Waals surface area contributed by atoms with E-state index in [0.717, 1.165) is 4.90 Å². The highest BCUT2D eigenvalue weighted by Gasteiger charge is 2.41. The fourth-order valence-corrected chi connectivity index (χ4v) is 2.12. The second kappa shape index (κ2) is 6.32. The minimum Gasteiger partial charge on any atom is -0.481 e. The molecule has 1 unspecified atom stereocenters. The van der Waals surface area contributed by atoms with E-state index in [2.05, 4.69) is 0 Å². The summed E-state index contributed by atoms with van der Waals surface area (Å²) in [5.41, 5.74) is 0. The van der Waals surface area contributed by atoms with E-state index in [-0.39, 0.29) is 25.6 Å². The standard InChI is InChI=1S/C12H19F3N2O3/c1-3-4-16(7-12(13,14)15)11(20)17-5-9(6-17)8(2)10(18)19/h8-9H,3-7H2,1-2H3,(H,18,19). The van der Waals surface area contributed by atoms with Crippen molar-refractivity contribution in [1.29, 1.82) is 0 Å². The average Bonchev–Trinajstić information content (AvgIpc) is 2.24. The second-order valence-corrected chi connectivity index (χ2v) is 5.11. The Morgan fingerprint density at radius 2 is 1.95 bits per heavy atom. The molecule has 1 saturated heterocycles. The van der Waals surface area contributed by atoms with E-state index in [4.69, 9.17) is 5.11 Å². The first-order valence-electron chi connectivity index (χ1n) is 6.49. The van der Waals surface area contributed by atoms with E-state index in [0.29, 0.717) is 6.42 Å². The van der Waals surface area contributed by atoms with E-state index >= 15 is 0 Å². The Balaban J connectivity index is 2.54. The Morgan fingerprint density at radius 3 is 2.35 bits per heavy atom. The van der Waals surface area contributed by atoms with Crippen molar-refractivity contribution in [3.05, 3.63) is 0 Å². The van der Waals surface area contributed by atoms with Crippen molar-refractivity contribution in [2.75, 3.05) is 26.2 Å². The van der Waals surface area contributed by atoms with Crippen LogP contribution in [0.2, 0.25) is 0 Å². The van der Waals surface area contributed by atoms with Gasteiger partial charge < -0.3 is 14.9 Å². The summed E-state index contributed by atoms with van der Waals surface area (Å²) in [7, 11) is 0. The number of hydrogen-bond donors (Lipinski definition) is 1. The summed E-state index contributed by atoms with van der Waals surface area (Å²) < 4.78 is 37.2. The maximum absolute atomic E-state index is 12.4. The topological polar surface area (TPSA) is 60.9 Å². The molecule has 2 amide bonds. The van der Waals surface area contributed by atoms with Crippen LogP contribution in [0.5, 0.6) is 0 Å². The molecule has 1 fully saturated rings. The number of carbonyl (C=O) groups is 2. The number of amides is 2. The molecule has 0 spiro atoms. The minimum atomic E-state index is -4.43. The predicted molar refractivity (Wildman–Crippen MR) is 65.2 cm³/mol. The number of halogens is 3. The number of carboxylic acids is 1. The van der Waals surface area contributed by atoms with Crippen LogP contribution in [0.4, 0.5) is 18.0 Å². The lowest BCUT2D eigenvalue weighted by atomic mass is 9.87. The first-order chi connectivity index (χ1) is 9.15. The van der Waals surface area contributed by atoms with Crippen LogP contribution in [0.25, 0.3) is 0 Å². The zero-order valence-electron chi connectivity index (χ0n) is 11.5. The monoisotopic (exact) mass is 296 g/mol. The number of urea groups is 1. The van der Waals surface area contributed by atoms with E-state index in [1.807, 2.05) is 0 Å². The highest BCUT2D eigenvalue weighted by Crippen LogP contribution is 2.26. The van der Waals surface area contributed by atoms with Gasteiger partial charge in [0.15, 0.2) is 0 Å². The highest BCUT2D eigenvalue weighted by atomic mass is 19.4. The molecule has 1 atom stereocenters. The number of aliphatic carboxylic acids is 1. The molecule has 1 aliphatic heterocycles. The van der Waals surface area contributed by atoms with Gasteiger partial charge in [-0.3, -0.25) is 4.79 Å². The van der Waals surface area contributed by atoms with Crippen LogP contribution in [0.3, 0.4) is 0 Å². The second-order valence-electron chi connectivity index (χ2n) is 5.11. The molecule has 0 aromatic heterocycles. The number of alkyl halides is 3. The number of likely N-dealkylation sites (tertiary alicyclic amines) is 1. The summed E-state index contributed by atoms with van der Waals surface area (Å²) in [6.45, 7) is 2.40. The molecule has 5 nitrogen and oxygen atoms in total. The predicted octanol–water partition coefficient (Wildman–Crippen LogP) is 2.03. The number of carboxylic acid groups (broad SMARTS) is 1. The van der Waals surface area contributed by atoms with Gasteiger partial charge in [0.25, 0.3) is 0 Å². The van der Waals surface area contributed by atoms with Gasteiger partial charge >= 0.3 is 18.2 Å². The van der Waals surface area contributed by atoms with Crippen molar-refractivity contribution in [3.63, 3.8) is 0 Å². The molecule has 0 bridgehead atoms. The molecule has 8 heteroatoms. The molecule has 0 aliphatic carbocycles. The summed E-state index contributed by atoms with van der Waals surface area (Å²) in [5, 5.41) is 8.83. The van der Waals surface area contributed by atoms with Gasteiger partial charge in [0.1, 0.15) is 6.54 Å². The molecule has 1 rings (SSSR count). The molecular weight excluding hydrogens is 277 g/mol. The van der Waals surface area contributed by atoms with E-state index in [9.17, 15) is 22.8 Å². The molecule has 0 aromatic rings. The highest BCUT2D eigenvalue weighted by molar-refractivity contribution is 5.76. The van der Waals surface area contributed by atoms with Gasteiger partial charge in [-0.25, -0.2) is 4.79 Å². The lowest BCUT2D eigenvalue weighted by molar-refractivity contribution is -0.145. The van der Waals surface area contributed by atoms with Crippen LogP contribution in [-0.4, -0.2) is 59.3 Å². The van der Waals surface area contributed by atoms with E-state index in [1.165, 1.54) is 11.8 Å². The first kappa shape index (κ1) is 16.6. The Bertz CT molecular complexity index is 367. The molecule has 0 saturated carbocycles. The summed E-state index contributed by atoms with van der Waals surface area (Å²) >= 11 is 0. The number of nitrogens with zero attached hydrogens (tertiary/aromatic N) is 2. The van der Waals surface area contributed by atoms with Crippen molar-refractivity contribution in [3.8, 4) is 0 Å². The molecule has 1 aliphatic rings. The lowest BCUT2D eigenvalue weighted by Gasteiger charge is -2.43. The van der Waals surface area contributed by atoms with Crippen LogP contribution in [0.1, 0.15) is 20.3 Å². The van der Waals surface area contributed by atoms with Gasteiger partial charge in [-0.2, -0.15) is 13.2 Å². The van der Waals surface area contributed by atoms with E-state index < -0.39 is 30.6 Å². The largest absolute Gasteiger partial charge is 0.481 e. The van der Waals surface area contributed by atoms with Crippen molar-refractivity contribution in [2.45, 2.75) is 26.4 Å². The Labute approximate surface area is 115 Å². The zero-order valence-corrected chi connectivity index (χ0v) is 11.5. The molecule has 1 N–H and O–H groups in total. The summed E-state index contributed by atoms with van der Waals surface area (Å²) in [4.78, 5) is 24.7. The third kappa shape index (κ3) is 4.28. The van der Waals surface area contributed by atoms with Crippen molar-refractivity contribution < 1.29 is 27.9 Å². The molecule has 0 aromatic carbocycles. The van der Waals surface area contributed by atoms with Gasteiger partial charge in [-0.05, 0) is 6.42 Å². The smallest absolute Gasteiger partial charge is 0.406 e. The van der Waals surface area contributed by atoms with Gasteiger partial charge in [0, 0.05) is 25.6 Å². The SMILES string of the molecule is CCCN(CC(F)(F)F)C(=O)N1CC(C(C)C(=O)O)C1. The quantitative estimate of drug-likeness (QED) is 0.844. The number of rotatable bonds is 5. The average molecular weight is 296 g/mol. The lowest BCUT2D eigenvalue weighted by Crippen LogP contribution is -2.58. The normalized spacial score (nSPS) is 17.6. The molecular formula is C12H19F3N2O3. The van der Waals surface area contributed by atoms with Crippen LogP contribution >= 0.6 is 0 Å². The molecule has 1 heterocycles. The number of hydrogen-bond acceptors (Lipinski definition) is 2. The van der Waals surface area contributed by atoms with Crippen molar-refractivity contribution in [1.82, 2.24) is 9.80 Å². The third-order valence-electron chi connectivity index (χ3n) is 3.41. The summed E-state index contributed by atoms with van der Waals surface area (Å²) in [6, 6.07) is -0.669.